The van der Waals surface area contributed by atoms with Crippen molar-refractivity contribution in [2.45, 2.75) is 89.8 Å². The van der Waals surface area contributed by atoms with Gasteiger partial charge >= 0.3 is 0 Å². The quantitative estimate of drug-likeness (QED) is 0.229. The highest BCUT2D eigenvalue weighted by Crippen LogP contribution is 2.49. The first-order valence-corrected chi connectivity index (χ1v) is 15.8. The molecule has 0 spiro atoms. The van der Waals surface area contributed by atoms with Gasteiger partial charge < -0.3 is 14.4 Å². The van der Waals surface area contributed by atoms with Crippen LogP contribution in [0.5, 0.6) is 5.75 Å². The molecule has 0 amide bonds. The summed E-state index contributed by atoms with van der Waals surface area (Å²) >= 11 is 13.4. The van der Waals surface area contributed by atoms with E-state index in [0.717, 1.165) is 47.4 Å². The van der Waals surface area contributed by atoms with E-state index in [2.05, 4.69) is 17.8 Å². The minimum Gasteiger partial charge on any atom is -0.489 e. The van der Waals surface area contributed by atoms with Crippen LogP contribution in [0.2, 0.25) is 5.02 Å². The maximum Gasteiger partial charge on any atom is 0.146 e. The Labute approximate surface area is 265 Å². The molecule has 0 bridgehead atoms. The Morgan fingerprint density at radius 1 is 1.23 bits per heavy atom. The third-order valence-electron chi connectivity index (χ3n) is 8.06. The fourth-order valence-corrected chi connectivity index (χ4v) is 6.12. The molecule has 1 N–H and O–H groups in total. The van der Waals surface area contributed by atoms with Gasteiger partial charge in [0, 0.05) is 22.4 Å². The van der Waals surface area contributed by atoms with Crippen molar-refractivity contribution in [1.82, 2.24) is 5.16 Å². The van der Waals surface area contributed by atoms with Gasteiger partial charge in [0.1, 0.15) is 18.1 Å². The van der Waals surface area contributed by atoms with Crippen LogP contribution >= 0.6 is 23.2 Å². The number of hydrogen-bond acceptors (Lipinski definition) is 5. The molecule has 5 nitrogen and oxygen atoms in total. The standard InChI is InChI=1S/C34H34Cl2N2O3.C2H6/c1-21(2)6-4-9-30(35)22(3)32-28(33(41-38-32)24-10-11-24)20-40-27-12-13-29(31(36)17-27)34(39)15-14-26(18-34)25-8-5-7-23(16-25)19-37;1-2/h4-9,12-13,16-17,22,24,26,39H,1,10-11,14-15,18,20H2,2-3H3;1-2H3/b6-4-,30-9+;. The first-order valence-electron chi connectivity index (χ1n) is 15.0. The highest BCUT2D eigenvalue weighted by Gasteiger charge is 2.41. The van der Waals surface area contributed by atoms with Gasteiger partial charge in [-0.15, -0.1) is 0 Å². The maximum absolute atomic E-state index is 11.6. The molecule has 0 radical (unpaired) electrons. The van der Waals surface area contributed by atoms with E-state index in [4.69, 9.17) is 32.5 Å². The number of hydrogen-bond donors (Lipinski definition) is 1. The Kier molecular flexibility index (Phi) is 11.0. The maximum atomic E-state index is 11.6. The van der Waals surface area contributed by atoms with Crippen LogP contribution in [0.3, 0.4) is 0 Å². The smallest absolute Gasteiger partial charge is 0.146 e. The third kappa shape index (κ3) is 7.81. The van der Waals surface area contributed by atoms with Crippen molar-refractivity contribution in [2.24, 2.45) is 0 Å². The predicted molar refractivity (Wildman–Crippen MR) is 174 cm³/mol. The van der Waals surface area contributed by atoms with Crippen molar-refractivity contribution in [3.63, 3.8) is 0 Å². The van der Waals surface area contributed by atoms with Crippen LogP contribution in [0.15, 0.2) is 82.4 Å². The fraction of sp³-hybridized carbons (Fsp3) is 0.389. The molecule has 3 aromatic rings. The molecule has 2 aromatic carbocycles. The summed E-state index contributed by atoms with van der Waals surface area (Å²) in [6, 6.07) is 15.3. The SMILES string of the molecule is C=C(C)/C=C\C=C(\Cl)C(C)c1noc(C2CC2)c1COc1ccc(C2(O)CCC(c3cccc(C#N)c3)C2)c(Cl)c1.CC. The third-order valence-corrected chi connectivity index (χ3v) is 8.83. The summed E-state index contributed by atoms with van der Waals surface area (Å²) in [4.78, 5) is 0. The van der Waals surface area contributed by atoms with Crippen molar-refractivity contribution in [3.05, 3.63) is 117 Å². The molecule has 1 heterocycles. The van der Waals surface area contributed by atoms with Crippen LogP contribution in [-0.2, 0) is 12.2 Å². The monoisotopic (exact) mass is 618 g/mol. The lowest BCUT2D eigenvalue weighted by atomic mass is 9.89. The number of aliphatic hydroxyl groups is 1. The fourth-order valence-electron chi connectivity index (χ4n) is 5.60. The van der Waals surface area contributed by atoms with Gasteiger partial charge in [-0.2, -0.15) is 5.26 Å². The number of allylic oxidation sites excluding steroid dienone is 5. The highest BCUT2D eigenvalue weighted by atomic mass is 35.5. The van der Waals surface area contributed by atoms with Gasteiger partial charge in [0.2, 0.25) is 0 Å². The molecule has 3 atom stereocenters. The van der Waals surface area contributed by atoms with Crippen LogP contribution in [-0.4, -0.2) is 10.3 Å². The van der Waals surface area contributed by atoms with Crippen LogP contribution in [0.4, 0.5) is 0 Å². The minimum absolute atomic E-state index is 0.160. The first kappa shape index (κ1) is 32.6. The molecule has 2 saturated carbocycles. The second kappa shape index (κ2) is 14.4. The van der Waals surface area contributed by atoms with Gasteiger partial charge in [0.05, 0.1) is 33.5 Å². The molecule has 1 aromatic heterocycles. The van der Waals surface area contributed by atoms with Gasteiger partial charge in [-0.05, 0) is 80.9 Å². The molecule has 2 fully saturated rings. The lowest BCUT2D eigenvalue weighted by Crippen LogP contribution is -2.22. The largest absolute Gasteiger partial charge is 0.489 e. The van der Waals surface area contributed by atoms with Crippen LogP contribution in [0, 0.1) is 11.3 Å². The Bertz CT molecular complexity index is 1550. The summed E-state index contributed by atoms with van der Waals surface area (Å²) in [6.07, 6.45) is 9.74. The van der Waals surface area contributed by atoms with Crippen molar-refractivity contribution in [3.8, 4) is 11.8 Å². The zero-order valence-electron chi connectivity index (χ0n) is 25.4. The molecular formula is C36H40Cl2N2O3. The lowest BCUT2D eigenvalue weighted by molar-refractivity contribution is 0.0429. The van der Waals surface area contributed by atoms with Crippen molar-refractivity contribution < 1.29 is 14.4 Å². The Morgan fingerprint density at radius 3 is 2.67 bits per heavy atom. The predicted octanol–water partition coefficient (Wildman–Crippen LogP) is 10.2. The van der Waals surface area contributed by atoms with E-state index in [-0.39, 0.29) is 18.4 Å². The van der Waals surface area contributed by atoms with Gasteiger partial charge in [-0.1, -0.05) is 91.6 Å². The zero-order chi connectivity index (χ0) is 31.1. The molecule has 7 heteroatoms. The second-order valence-electron chi connectivity index (χ2n) is 11.3. The van der Waals surface area contributed by atoms with Crippen LogP contribution in [0.25, 0.3) is 0 Å². The summed E-state index contributed by atoms with van der Waals surface area (Å²) in [7, 11) is 0. The van der Waals surface area contributed by atoms with Crippen molar-refractivity contribution >= 4 is 23.2 Å². The van der Waals surface area contributed by atoms with Crippen LogP contribution < -0.4 is 4.74 Å². The van der Waals surface area contributed by atoms with Gasteiger partial charge in [0.15, 0.2) is 0 Å². The number of ether oxygens (including phenoxy) is 1. The normalized spacial score (nSPS) is 20.8. The molecule has 226 valence electrons. The molecule has 0 aliphatic heterocycles. The number of nitriles is 1. The Morgan fingerprint density at radius 2 is 2.00 bits per heavy atom. The molecular weight excluding hydrogens is 579 g/mol. The second-order valence-corrected chi connectivity index (χ2v) is 12.1. The van der Waals surface area contributed by atoms with Crippen molar-refractivity contribution in [2.75, 3.05) is 0 Å². The van der Waals surface area contributed by atoms with Crippen molar-refractivity contribution in [1.29, 1.82) is 5.26 Å². The van der Waals surface area contributed by atoms with E-state index in [0.29, 0.717) is 45.7 Å². The average molecular weight is 620 g/mol. The van der Waals surface area contributed by atoms with E-state index < -0.39 is 5.60 Å². The first-order chi connectivity index (χ1) is 20.7. The van der Waals surface area contributed by atoms with E-state index in [1.54, 1.807) is 12.1 Å². The summed E-state index contributed by atoms with van der Waals surface area (Å²) in [5.74, 6) is 1.82. The number of aromatic nitrogens is 1. The summed E-state index contributed by atoms with van der Waals surface area (Å²) in [6.45, 7) is 12.1. The summed E-state index contributed by atoms with van der Waals surface area (Å²) in [5.41, 5.74) is 4.00. The number of nitrogens with zero attached hydrogens (tertiary/aromatic N) is 2. The molecule has 3 unspecified atom stereocenters. The number of rotatable bonds is 10. The molecule has 2 aliphatic carbocycles. The summed E-state index contributed by atoms with van der Waals surface area (Å²) < 4.78 is 12.0. The summed E-state index contributed by atoms with van der Waals surface area (Å²) in [5, 5.41) is 26.3. The van der Waals surface area contributed by atoms with Gasteiger partial charge in [-0.25, -0.2) is 0 Å². The highest BCUT2D eigenvalue weighted by molar-refractivity contribution is 6.31. The molecule has 0 saturated heterocycles. The van der Waals surface area contributed by atoms with Gasteiger partial charge in [0.25, 0.3) is 0 Å². The topological polar surface area (TPSA) is 79.3 Å². The van der Waals surface area contributed by atoms with E-state index in [1.165, 1.54) is 0 Å². The number of halogens is 2. The zero-order valence-corrected chi connectivity index (χ0v) is 26.9. The minimum atomic E-state index is -1.04. The average Bonchev–Trinajstić information content (AvgIpc) is 3.64. The molecule has 2 aliphatic rings. The van der Waals surface area contributed by atoms with E-state index >= 15 is 0 Å². The van der Waals surface area contributed by atoms with E-state index in [9.17, 15) is 10.4 Å². The van der Waals surface area contributed by atoms with E-state index in [1.807, 2.05) is 76.3 Å². The lowest BCUT2D eigenvalue weighted by Gasteiger charge is -2.25. The van der Waals surface area contributed by atoms with Gasteiger partial charge in [-0.3, -0.25) is 0 Å². The molecule has 5 rings (SSSR count). The number of benzene rings is 2. The molecule has 43 heavy (non-hydrogen) atoms. The Hall–Kier alpha value is -3.30. The van der Waals surface area contributed by atoms with Crippen LogP contribution in [0.1, 0.15) is 111 Å². The Balaban J connectivity index is 0.00000207.